The van der Waals surface area contributed by atoms with E-state index in [-0.39, 0.29) is 42.4 Å². The van der Waals surface area contributed by atoms with Crippen molar-refractivity contribution in [1.29, 1.82) is 0 Å². The van der Waals surface area contributed by atoms with E-state index in [0.717, 1.165) is 0 Å². The van der Waals surface area contributed by atoms with E-state index in [1.807, 2.05) is 0 Å². The molecule has 31 heavy (non-hydrogen) atoms. The third kappa shape index (κ3) is 5.05. The quantitative estimate of drug-likeness (QED) is 0.397. The molecule has 1 saturated heterocycles. The number of anilines is 3. The Morgan fingerprint density at radius 1 is 1.29 bits per heavy atom. The Labute approximate surface area is 178 Å². The summed E-state index contributed by atoms with van der Waals surface area (Å²) in [6.07, 6.45) is 2.58. The third-order valence-corrected chi connectivity index (χ3v) is 4.90. The maximum absolute atomic E-state index is 12.1. The second kappa shape index (κ2) is 9.83. The smallest absolute Gasteiger partial charge is 0.353 e. The van der Waals surface area contributed by atoms with Gasteiger partial charge >= 0.3 is 17.6 Å². The molecule has 1 N–H and O–H groups in total. The van der Waals surface area contributed by atoms with Crippen molar-refractivity contribution in [3.8, 4) is 0 Å². The first-order valence-corrected chi connectivity index (χ1v) is 9.81. The van der Waals surface area contributed by atoms with Gasteiger partial charge in [0.05, 0.1) is 30.1 Å². The zero-order valence-electron chi connectivity index (χ0n) is 17.2. The molecule has 0 saturated carbocycles. The van der Waals surface area contributed by atoms with Crippen LogP contribution in [0.2, 0.25) is 0 Å². The summed E-state index contributed by atoms with van der Waals surface area (Å²) in [5.74, 6) is -1.01. The molecule has 1 aromatic heterocycles. The molecule has 11 heteroatoms. The average molecular weight is 429 g/mol. The SMILES string of the molecule is CCOC(=O)C1CCCN(c2ncnc(Nc3ccc(C(=O)OC)cc3)c2[N+](=O)[O-])C1. The predicted octanol–water partition coefficient (Wildman–Crippen LogP) is 2.69. The molecule has 1 atom stereocenters. The monoisotopic (exact) mass is 429 g/mol. The van der Waals surface area contributed by atoms with Gasteiger partial charge < -0.3 is 19.7 Å². The van der Waals surface area contributed by atoms with Gasteiger partial charge in [-0.25, -0.2) is 14.8 Å². The summed E-state index contributed by atoms with van der Waals surface area (Å²) in [6.45, 7) is 2.83. The lowest BCUT2D eigenvalue weighted by atomic mass is 9.98. The molecule has 164 valence electrons. The number of rotatable bonds is 7. The fourth-order valence-corrected chi connectivity index (χ4v) is 3.43. The molecule has 0 bridgehead atoms. The van der Waals surface area contributed by atoms with Crippen molar-refractivity contribution in [2.45, 2.75) is 19.8 Å². The van der Waals surface area contributed by atoms with Crippen molar-refractivity contribution < 1.29 is 24.0 Å². The molecule has 11 nitrogen and oxygen atoms in total. The molecule has 0 radical (unpaired) electrons. The van der Waals surface area contributed by atoms with Crippen LogP contribution < -0.4 is 10.2 Å². The molecular formula is C20H23N5O6. The van der Waals surface area contributed by atoms with Crippen molar-refractivity contribution in [3.05, 3.63) is 46.3 Å². The lowest BCUT2D eigenvalue weighted by molar-refractivity contribution is -0.383. The number of methoxy groups -OCH3 is 1. The van der Waals surface area contributed by atoms with Gasteiger partial charge in [0, 0.05) is 18.8 Å². The first-order chi connectivity index (χ1) is 14.9. The number of benzene rings is 1. The zero-order chi connectivity index (χ0) is 22.4. The number of nitrogens with one attached hydrogen (secondary N) is 1. The van der Waals surface area contributed by atoms with Crippen molar-refractivity contribution in [2.24, 2.45) is 5.92 Å². The van der Waals surface area contributed by atoms with Gasteiger partial charge in [-0.2, -0.15) is 0 Å². The number of aromatic nitrogens is 2. The zero-order valence-corrected chi connectivity index (χ0v) is 17.2. The van der Waals surface area contributed by atoms with Gasteiger partial charge in [0.15, 0.2) is 0 Å². The van der Waals surface area contributed by atoms with E-state index in [2.05, 4.69) is 20.0 Å². The minimum atomic E-state index is -0.547. The third-order valence-electron chi connectivity index (χ3n) is 4.90. The predicted molar refractivity (Wildman–Crippen MR) is 111 cm³/mol. The van der Waals surface area contributed by atoms with Crippen LogP contribution in [0.5, 0.6) is 0 Å². The van der Waals surface area contributed by atoms with Crippen LogP contribution in [0.15, 0.2) is 30.6 Å². The van der Waals surface area contributed by atoms with Crippen LogP contribution in [-0.4, -0.2) is 53.6 Å². The van der Waals surface area contributed by atoms with Crippen LogP contribution in [0, 0.1) is 16.0 Å². The number of piperidine rings is 1. The molecular weight excluding hydrogens is 406 g/mol. The normalized spacial score (nSPS) is 15.8. The van der Waals surface area contributed by atoms with Gasteiger partial charge in [-0.05, 0) is 44.0 Å². The van der Waals surface area contributed by atoms with Crippen LogP contribution in [0.4, 0.5) is 23.0 Å². The average Bonchev–Trinajstić information content (AvgIpc) is 2.79. The van der Waals surface area contributed by atoms with Gasteiger partial charge in [-0.1, -0.05) is 0 Å². The Morgan fingerprint density at radius 2 is 2.03 bits per heavy atom. The Morgan fingerprint density at radius 3 is 2.68 bits per heavy atom. The largest absolute Gasteiger partial charge is 0.466 e. The number of esters is 2. The lowest BCUT2D eigenvalue weighted by Gasteiger charge is -2.32. The Bertz CT molecular complexity index is 965. The molecule has 0 aliphatic carbocycles. The number of nitro groups is 1. The molecule has 1 aliphatic rings. The second-order valence-electron chi connectivity index (χ2n) is 6.88. The first-order valence-electron chi connectivity index (χ1n) is 9.81. The highest BCUT2D eigenvalue weighted by Crippen LogP contribution is 2.35. The summed E-state index contributed by atoms with van der Waals surface area (Å²) in [5, 5.41) is 14.8. The number of hydrogen-bond donors (Lipinski definition) is 1. The molecule has 2 heterocycles. The first kappa shape index (κ1) is 21.9. The van der Waals surface area contributed by atoms with Gasteiger partial charge in [-0.3, -0.25) is 14.9 Å². The van der Waals surface area contributed by atoms with E-state index < -0.39 is 10.9 Å². The second-order valence-corrected chi connectivity index (χ2v) is 6.88. The molecule has 2 aromatic rings. The fourth-order valence-electron chi connectivity index (χ4n) is 3.43. The van der Waals surface area contributed by atoms with E-state index in [1.165, 1.54) is 25.6 Å². The van der Waals surface area contributed by atoms with Crippen LogP contribution in [-0.2, 0) is 14.3 Å². The summed E-state index contributed by atoms with van der Waals surface area (Å²) in [6, 6.07) is 6.26. The van der Waals surface area contributed by atoms with Crippen molar-refractivity contribution >= 4 is 34.9 Å². The Kier molecular flexibility index (Phi) is 6.96. The highest BCUT2D eigenvalue weighted by molar-refractivity contribution is 5.90. The van der Waals surface area contributed by atoms with Gasteiger partial charge in [0.25, 0.3) is 0 Å². The van der Waals surface area contributed by atoms with E-state index in [0.29, 0.717) is 30.6 Å². The standard InChI is InChI=1S/C20H23N5O6/c1-3-31-20(27)14-5-4-10-24(11-14)18-16(25(28)29)17(21-12-22-18)23-15-8-6-13(7-9-15)19(26)30-2/h6-9,12,14H,3-5,10-11H2,1-2H3,(H,21,22,23). The van der Waals surface area contributed by atoms with E-state index in [9.17, 15) is 19.7 Å². The minimum absolute atomic E-state index is 0.0130. The summed E-state index contributed by atoms with van der Waals surface area (Å²) >= 11 is 0. The lowest BCUT2D eigenvalue weighted by Crippen LogP contribution is -2.40. The van der Waals surface area contributed by atoms with Crippen molar-refractivity contribution in [3.63, 3.8) is 0 Å². The summed E-state index contributed by atoms with van der Waals surface area (Å²) < 4.78 is 9.76. The van der Waals surface area contributed by atoms with Crippen LogP contribution in [0.1, 0.15) is 30.1 Å². The summed E-state index contributed by atoms with van der Waals surface area (Å²) in [4.78, 5) is 44.9. The highest BCUT2D eigenvalue weighted by atomic mass is 16.6. The van der Waals surface area contributed by atoms with Crippen molar-refractivity contribution in [1.82, 2.24) is 9.97 Å². The van der Waals surface area contributed by atoms with Crippen molar-refractivity contribution in [2.75, 3.05) is 37.0 Å². The Balaban J connectivity index is 1.87. The number of ether oxygens (including phenoxy) is 2. The Hall–Kier alpha value is -3.76. The summed E-state index contributed by atoms with van der Waals surface area (Å²) in [5.41, 5.74) is 0.566. The van der Waals surface area contributed by atoms with Crippen LogP contribution in [0.25, 0.3) is 0 Å². The van der Waals surface area contributed by atoms with Crippen LogP contribution in [0.3, 0.4) is 0 Å². The molecule has 3 rings (SSSR count). The molecule has 1 unspecified atom stereocenters. The molecule has 0 amide bonds. The molecule has 1 aromatic carbocycles. The van der Waals surface area contributed by atoms with Gasteiger partial charge in [-0.15, -0.1) is 0 Å². The van der Waals surface area contributed by atoms with Gasteiger partial charge in [0.2, 0.25) is 11.6 Å². The number of carbonyl (C=O) groups excluding carboxylic acids is 2. The number of hydrogen-bond acceptors (Lipinski definition) is 10. The molecule has 1 fully saturated rings. The molecule has 0 spiro atoms. The van der Waals surface area contributed by atoms with Crippen LogP contribution >= 0.6 is 0 Å². The van der Waals surface area contributed by atoms with E-state index in [4.69, 9.17) is 4.74 Å². The highest BCUT2D eigenvalue weighted by Gasteiger charge is 2.33. The maximum atomic E-state index is 12.1. The molecule has 1 aliphatic heterocycles. The topological polar surface area (TPSA) is 137 Å². The number of carbonyl (C=O) groups is 2. The fraction of sp³-hybridized carbons (Fsp3) is 0.400. The van der Waals surface area contributed by atoms with E-state index in [1.54, 1.807) is 24.0 Å². The number of nitrogens with zero attached hydrogens (tertiary/aromatic N) is 4. The maximum Gasteiger partial charge on any atom is 0.353 e. The van der Waals surface area contributed by atoms with Gasteiger partial charge in [0.1, 0.15) is 6.33 Å². The van der Waals surface area contributed by atoms with E-state index >= 15 is 0 Å². The minimum Gasteiger partial charge on any atom is -0.466 e. The summed E-state index contributed by atoms with van der Waals surface area (Å²) in [7, 11) is 1.29.